The topological polar surface area (TPSA) is 60.2 Å². The number of hydrogen-bond acceptors (Lipinski definition) is 2. The molecule has 0 unspecified atom stereocenters. The van der Waals surface area contributed by atoms with Crippen molar-refractivity contribution >= 4 is 11.7 Å². The Morgan fingerprint density at radius 1 is 1.47 bits per heavy atom. The lowest BCUT2D eigenvalue weighted by Gasteiger charge is -2.32. The minimum atomic E-state index is -0.347. The number of nitrogens with two attached hydrogens (primary N) is 1. The van der Waals surface area contributed by atoms with Crippen molar-refractivity contribution in [3.63, 3.8) is 0 Å². The molecule has 0 radical (unpaired) electrons. The van der Waals surface area contributed by atoms with Crippen molar-refractivity contribution in [2.24, 2.45) is 28.4 Å². The predicted octanol–water partition coefficient (Wildman–Crippen LogP) is 1.50. The third-order valence-electron chi connectivity index (χ3n) is 5.09. The molecule has 15 heavy (non-hydrogen) atoms. The second kappa shape index (κ2) is 2.83. The molecule has 3 atom stereocenters. The van der Waals surface area contributed by atoms with E-state index in [0.29, 0.717) is 5.92 Å². The Morgan fingerprint density at radius 3 is 2.47 bits per heavy atom. The van der Waals surface area contributed by atoms with Crippen molar-refractivity contribution in [1.29, 1.82) is 0 Å². The Labute approximate surface area is 90.4 Å². The van der Waals surface area contributed by atoms with E-state index in [-0.39, 0.29) is 34.9 Å². The molecule has 0 aromatic carbocycles. The molecule has 0 spiro atoms. The first-order chi connectivity index (χ1) is 6.80. The van der Waals surface area contributed by atoms with E-state index in [1.165, 1.54) is 0 Å². The van der Waals surface area contributed by atoms with Crippen molar-refractivity contribution in [2.75, 3.05) is 0 Å². The van der Waals surface area contributed by atoms with Crippen LogP contribution >= 0.6 is 0 Å². The van der Waals surface area contributed by atoms with Gasteiger partial charge in [-0.2, -0.15) is 0 Å². The standard InChI is InChI=1S/C12H19NO2/c1-11(2)8-4-5-12(11,3)10(15)7(8)6-9(13)14/h7-8H,4-6H2,1-3H3,(H2,13,14)/t7-,8-,12+/m1/s1. The van der Waals surface area contributed by atoms with Crippen LogP contribution in [0.15, 0.2) is 0 Å². The highest BCUT2D eigenvalue weighted by Crippen LogP contribution is 2.66. The van der Waals surface area contributed by atoms with Gasteiger partial charge in [0.15, 0.2) is 0 Å². The Bertz CT molecular complexity index is 335. The number of ketones is 1. The quantitative estimate of drug-likeness (QED) is 0.749. The SMILES string of the molecule is CC1(C)[C@@H]2CC[C@@]1(C)C(=O)[C@@H]2CC(N)=O. The van der Waals surface area contributed by atoms with E-state index in [1.54, 1.807) is 0 Å². The molecule has 0 saturated heterocycles. The van der Waals surface area contributed by atoms with Crippen LogP contribution in [0.4, 0.5) is 0 Å². The number of carbonyl (C=O) groups excluding carboxylic acids is 2. The number of carbonyl (C=O) groups is 2. The number of primary amides is 1. The first-order valence-electron chi connectivity index (χ1n) is 5.63. The van der Waals surface area contributed by atoms with Crippen LogP contribution in [0, 0.1) is 22.7 Å². The number of amides is 1. The van der Waals surface area contributed by atoms with Crippen molar-refractivity contribution in [3.8, 4) is 0 Å². The molecular weight excluding hydrogens is 190 g/mol. The van der Waals surface area contributed by atoms with E-state index in [1.807, 2.05) is 0 Å². The first-order valence-corrected chi connectivity index (χ1v) is 5.63. The van der Waals surface area contributed by atoms with Gasteiger partial charge in [-0.05, 0) is 24.2 Å². The van der Waals surface area contributed by atoms with E-state index >= 15 is 0 Å². The molecule has 2 bridgehead atoms. The highest BCUT2D eigenvalue weighted by atomic mass is 16.1. The molecule has 0 heterocycles. The molecule has 84 valence electrons. The molecule has 0 aliphatic heterocycles. The van der Waals surface area contributed by atoms with Crippen LogP contribution < -0.4 is 5.73 Å². The summed E-state index contributed by atoms with van der Waals surface area (Å²) in [5.74, 6) is 0.154. The summed E-state index contributed by atoms with van der Waals surface area (Å²) < 4.78 is 0. The molecule has 2 saturated carbocycles. The van der Waals surface area contributed by atoms with Gasteiger partial charge in [0.1, 0.15) is 5.78 Å². The van der Waals surface area contributed by atoms with Crippen LogP contribution in [0.5, 0.6) is 0 Å². The summed E-state index contributed by atoms with van der Waals surface area (Å²) in [5.41, 5.74) is 5.01. The monoisotopic (exact) mass is 209 g/mol. The Kier molecular flexibility index (Phi) is 2.01. The van der Waals surface area contributed by atoms with Crippen molar-refractivity contribution in [1.82, 2.24) is 0 Å². The van der Waals surface area contributed by atoms with Crippen LogP contribution in [-0.2, 0) is 9.59 Å². The largest absolute Gasteiger partial charge is 0.370 e. The van der Waals surface area contributed by atoms with Crippen molar-refractivity contribution < 1.29 is 9.59 Å². The van der Waals surface area contributed by atoms with Gasteiger partial charge in [0.2, 0.25) is 5.91 Å². The molecule has 2 fully saturated rings. The fourth-order valence-electron chi connectivity index (χ4n) is 3.72. The van der Waals surface area contributed by atoms with Gasteiger partial charge in [-0.25, -0.2) is 0 Å². The molecule has 2 aliphatic carbocycles. The van der Waals surface area contributed by atoms with E-state index < -0.39 is 0 Å². The zero-order valence-electron chi connectivity index (χ0n) is 9.67. The summed E-state index contributed by atoms with van der Waals surface area (Å²) in [6, 6.07) is 0. The molecular formula is C12H19NO2. The van der Waals surface area contributed by atoms with E-state index in [2.05, 4.69) is 20.8 Å². The summed E-state index contributed by atoms with van der Waals surface area (Å²) in [6.45, 7) is 6.36. The fraction of sp³-hybridized carbons (Fsp3) is 0.833. The van der Waals surface area contributed by atoms with Crippen LogP contribution in [0.25, 0.3) is 0 Å². The van der Waals surface area contributed by atoms with Gasteiger partial charge in [-0.3, -0.25) is 9.59 Å². The molecule has 3 heteroatoms. The van der Waals surface area contributed by atoms with E-state index in [4.69, 9.17) is 5.73 Å². The lowest BCUT2D eigenvalue weighted by molar-refractivity contribution is -0.134. The maximum Gasteiger partial charge on any atom is 0.218 e. The second-order valence-electron chi connectivity index (χ2n) is 5.84. The van der Waals surface area contributed by atoms with Crippen LogP contribution in [0.3, 0.4) is 0 Å². The summed E-state index contributed by atoms with van der Waals surface area (Å²) in [7, 11) is 0. The van der Waals surface area contributed by atoms with Gasteiger partial charge in [-0.1, -0.05) is 20.8 Å². The van der Waals surface area contributed by atoms with Gasteiger partial charge in [-0.15, -0.1) is 0 Å². The Morgan fingerprint density at radius 2 is 2.07 bits per heavy atom. The minimum Gasteiger partial charge on any atom is -0.370 e. The lowest BCUT2D eigenvalue weighted by atomic mass is 9.70. The predicted molar refractivity (Wildman–Crippen MR) is 56.9 cm³/mol. The maximum atomic E-state index is 12.2. The highest BCUT2D eigenvalue weighted by molar-refractivity contribution is 5.94. The normalized spacial score (nSPS) is 42.2. The third kappa shape index (κ3) is 1.12. The Balaban J connectivity index is 2.34. The molecule has 3 nitrogen and oxygen atoms in total. The number of fused-ring (bicyclic) bond motifs is 2. The molecule has 0 aromatic rings. The molecule has 2 N–H and O–H groups in total. The number of hydrogen-bond donors (Lipinski definition) is 1. The first kappa shape index (κ1) is 10.7. The van der Waals surface area contributed by atoms with Crippen molar-refractivity contribution in [2.45, 2.75) is 40.0 Å². The van der Waals surface area contributed by atoms with Gasteiger partial charge in [0.25, 0.3) is 0 Å². The summed E-state index contributed by atoms with van der Waals surface area (Å²) in [4.78, 5) is 23.2. The summed E-state index contributed by atoms with van der Waals surface area (Å²) >= 11 is 0. The van der Waals surface area contributed by atoms with Crippen LogP contribution in [-0.4, -0.2) is 11.7 Å². The number of rotatable bonds is 2. The van der Waals surface area contributed by atoms with Crippen molar-refractivity contribution in [3.05, 3.63) is 0 Å². The number of Topliss-reactive ketones (excluding diaryl/α,β-unsaturated/α-hetero) is 1. The van der Waals surface area contributed by atoms with Gasteiger partial charge in [0.05, 0.1) is 0 Å². The highest BCUT2D eigenvalue weighted by Gasteiger charge is 2.65. The third-order valence-corrected chi connectivity index (χ3v) is 5.09. The van der Waals surface area contributed by atoms with Crippen LogP contribution in [0.1, 0.15) is 40.0 Å². The maximum absolute atomic E-state index is 12.2. The minimum absolute atomic E-state index is 0.0319. The fourth-order valence-corrected chi connectivity index (χ4v) is 3.72. The average molecular weight is 209 g/mol. The summed E-state index contributed by atoms with van der Waals surface area (Å²) in [6.07, 6.45) is 2.27. The average Bonchev–Trinajstić information content (AvgIpc) is 2.40. The van der Waals surface area contributed by atoms with Gasteiger partial charge < -0.3 is 5.73 Å². The molecule has 1 amide bonds. The Hall–Kier alpha value is -0.860. The lowest BCUT2D eigenvalue weighted by Crippen LogP contribution is -2.34. The van der Waals surface area contributed by atoms with E-state index in [9.17, 15) is 9.59 Å². The molecule has 0 aromatic heterocycles. The summed E-state index contributed by atoms with van der Waals surface area (Å²) in [5, 5.41) is 0. The van der Waals surface area contributed by atoms with Gasteiger partial charge >= 0.3 is 0 Å². The smallest absolute Gasteiger partial charge is 0.218 e. The molecule has 2 rings (SSSR count). The van der Waals surface area contributed by atoms with E-state index in [0.717, 1.165) is 12.8 Å². The van der Waals surface area contributed by atoms with Crippen LogP contribution in [0.2, 0.25) is 0 Å². The molecule has 2 aliphatic rings. The zero-order chi connectivity index (χ0) is 11.4. The second-order valence-corrected chi connectivity index (χ2v) is 5.84. The zero-order valence-corrected chi connectivity index (χ0v) is 9.67. The van der Waals surface area contributed by atoms with Gasteiger partial charge in [0, 0.05) is 17.8 Å².